The number of nitrogens with zero attached hydrogens (tertiary/aromatic N) is 3. The van der Waals surface area contributed by atoms with Gasteiger partial charge in [-0.25, -0.2) is 4.98 Å². The minimum absolute atomic E-state index is 0.586. The molecule has 0 radical (unpaired) electrons. The van der Waals surface area contributed by atoms with Crippen molar-refractivity contribution in [3.8, 4) is 28.3 Å². The van der Waals surface area contributed by atoms with Crippen molar-refractivity contribution in [2.75, 3.05) is 0 Å². The van der Waals surface area contributed by atoms with Gasteiger partial charge in [-0.05, 0) is 54.6 Å². The average Bonchev–Trinajstić information content (AvgIpc) is 3.77. The molecule has 4 heterocycles. The number of para-hydroxylation sites is 3. The minimum atomic E-state index is 0.586. The molecule has 0 saturated heterocycles. The van der Waals surface area contributed by atoms with Crippen LogP contribution in [0.2, 0.25) is 0 Å². The van der Waals surface area contributed by atoms with Crippen molar-refractivity contribution in [3.05, 3.63) is 140 Å². The molecule has 4 aromatic heterocycles. The van der Waals surface area contributed by atoms with Crippen molar-refractivity contribution in [3.63, 3.8) is 0 Å². The van der Waals surface area contributed by atoms with E-state index in [1.165, 1.54) is 10.8 Å². The number of rotatable bonds is 3. The molecule has 6 aromatic carbocycles. The van der Waals surface area contributed by atoms with Gasteiger partial charge in [0.25, 0.3) is 0 Å². The maximum absolute atomic E-state index is 6.25. The molecule has 210 valence electrons. The Hall–Kier alpha value is -6.20. The first-order chi connectivity index (χ1) is 22.3. The van der Waals surface area contributed by atoms with Crippen molar-refractivity contribution in [2.45, 2.75) is 0 Å². The monoisotopic (exact) mass is 577 g/mol. The van der Waals surface area contributed by atoms with Crippen LogP contribution in [0.1, 0.15) is 0 Å². The topological polar surface area (TPSA) is 57.0 Å². The molecule has 0 N–H and O–H groups in total. The summed E-state index contributed by atoms with van der Waals surface area (Å²) in [7, 11) is 0. The summed E-state index contributed by atoms with van der Waals surface area (Å²) in [5, 5.41) is 6.61. The number of aromatic nitrogens is 3. The van der Waals surface area contributed by atoms with E-state index in [1.54, 1.807) is 0 Å². The Kier molecular flexibility index (Phi) is 4.93. The van der Waals surface area contributed by atoms with Crippen molar-refractivity contribution in [1.82, 2.24) is 14.5 Å². The number of furan rings is 2. The maximum Gasteiger partial charge on any atom is 0.231 e. The lowest BCUT2D eigenvalue weighted by atomic mass is 10.1. The zero-order chi connectivity index (χ0) is 29.5. The Morgan fingerprint density at radius 1 is 0.422 bits per heavy atom. The highest BCUT2D eigenvalue weighted by Gasteiger charge is 2.20. The summed E-state index contributed by atoms with van der Waals surface area (Å²) < 4.78 is 14.8. The molecular formula is C40H23N3O2. The van der Waals surface area contributed by atoms with Gasteiger partial charge in [0.05, 0.1) is 22.1 Å². The zero-order valence-corrected chi connectivity index (χ0v) is 23.9. The molecular weight excluding hydrogens is 554 g/mol. The van der Waals surface area contributed by atoms with Crippen LogP contribution >= 0.6 is 0 Å². The predicted octanol–water partition coefficient (Wildman–Crippen LogP) is 10.7. The second kappa shape index (κ2) is 9.15. The summed E-state index contributed by atoms with van der Waals surface area (Å²) in [6.07, 6.45) is 0. The molecule has 0 fully saturated rings. The highest BCUT2D eigenvalue weighted by molar-refractivity contribution is 6.27. The fourth-order valence-corrected chi connectivity index (χ4v) is 6.87. The van der Waals surface area contributed by atoms with Gasteiger partial charge in [0.2, 0.25) is 5.71 Å². The molecule has 10 rings (SSSR count). The van der Waals surface area contributed by atoms with E-state index in [2.05, 4.69) is 95.6 Å². The van der Waals surface area contributed by atoms with E-state index in [0.717, 1.165) is 71.8 Å². The molecule has 5 heteroatoms. The summed E-state index contributed by atoms with van der Waals surface area (Å²) in [6.45, 7) is 0. The molecule has 0 aliphatic heterocycles. The molecule has 45 heavy (non-hydrogen) atoms. The average molecular weight is 578 g/mol. The second-order valence-corrected chi connectivity index (χ2v) is 11.4. The SMILES string of the molecule is c1ccc(-c2nc(-c3ccc(-n4c5ccccc5c5c6c(ccc54)oc4ccccc46)cc3)nc3oc4ccccc4c23)cc1. The van der Waals surface area contributed by atoms with Crippen LogP contribution in [0.5, 0.6) is 0 Å². The van der Waals surface area contributed by atoms with Gasteiger partial charge >= 0.3 is 0 Å². The second-order valence-electron chi connectivity index (χ2n) is 11.4. The molecule has 0 spiro atoms. The maximum atomic E-state index is 6.25. The Labute approximate surface area is 256 Å². The zero-order valence-electron chi connectivity index (χ0n) is 23.9. The van der Waals surface area contributed by atoms with Crippen LogP contribution in [0.4, 0.5) is 0 Å². The molecule has 0 amide bonds. The van der Waals surface area contributed by atoms with Crippen LogP contribution in [0.3, 0.4) is 0 Å². The van der Waals surface area contributed by atoms with Crippen molar-refractivity contribution in [2.24, 2.45) is 0 Å². The molecule has 0 saturated carbocycles. The van der Waals surface area contributed by atoms with Crippen LogP contribution in [0.25, 0.3) is 94.1 Å². The van der Waals surface area contributed by atoms with E-state index in [4.69, 9.17) is 18.8 Å². The number of hydrogen-bond acceptors (Lipinski definition) is 4. The highest BCUT2D eigenvalue weighted by atomic mass is 16.3. The van der Waals surface area contributed by atoms with Gasteiger partial charge in [-0.1, -0.05) is 84.9 Å². The summed E-state index contributed by atoms with van der Waals surface area (Å²) in [5.74, 6) is 0.626. The first-order valence-corrected chi connectivity index (χ1v) is 15.0. The fraction of sp³-hybridized carbons (Fsp3) is 0. The first-order valence-electron chi connectivity index (χ1n) is 15.0. The van der Waals surface area contributed by atoms with Crippen molar-refractivity contribution < 1.29 is 8.83 Å². The van der Waals surface area contributed by atoms with E-state index < -0.39 is 0 Å². The summed E-state index contributed by atoms with van der Waals surface area (Å²) in [4.78, 5) is 10.0. The van der Waals surface area contributed by atoms with Gasteiger partial charge < -0.3 is 13.4 Å². The van der Waals surface area contributed by atoms with Gasteiger partial charge in [-0.3, -0.25) is 0 Å². The van der Waals surface area contributed by atoms with Crippen molar-refractivity contribution >= 4 is 65.8 Å². The Morgan fingerprint density at radius 3 is 1.89 bits per heavy atom. The lowest BCUT2D eigenvalue weighted by Crippen LogP contribution is -1.96. The Bertz CT molecular complexity index is 2750. The molecule has 0 bridgehead atoms. The van der Waals surface area contributed by atoms with E-state index in [1.807, 2.05) is 48.5 Å². The lowest BCUT2D eigenvalue weighted by molar-refractivity contribution is 0.653. The van der Waals surface area contributed by atoms with Gasteiger partial charge in [-0.15, -0.1) is 0 Å². The number of benzene rings is 6. The van der Waals surface area contributed by atoms with Crippen LogP contribution in [0.15, 0.2) is 148 Å². The molecule has 0 aliphatic rings. The van der Waals surface area contributed by atoms with Crippen molar-refractivity contribution in [1.29, 1.82) is 0 Å². The first kappa shape index (κ1) is 24.3. The van der Waals surface area contributed by atoms with Gasteiger partial charge in [0.15, 0.2) is 5.82 Å². The molecule has 0 unspecified atom stereocenters. The summed E-state index contributed by atoms with van der Waals surface area (Å²) >= 11 is 0. The van der Waals surface area contributed by atoms with Crippen LogP contribution in [-0.4, -0.2) is 14.5 Å². The largest absolute Gasteiger partial charge is 0.456 e. The molecule has 0 atom stereocenters. The number of hydrogen-bond donors (Lipinski definition) is 0. The van der Waals surface area contributed by atoms with Crippen LogP contribution in [-0.2, 0) is 0 Å². The minimum Gasteiger partial charge on any atom is -0.456 e. The number of fused-ring (bicyclic) bond motifs is 10. The van der Waals surface area contributed by atoms with Gasteiger partial charge in [-0.2, -0.15) is 4.98 Å². The van der Waals surface area contributed by atoms with Gasteiger partial charge in [0.1, 0.15) is 16.7 Å². The van der Waals surface area contributed by atoms with E-state index >= 15 is 0 Å². The fourth-order valence-electron chi connectivity index (χ4n) is 6.87. The van der Waals surface area contributed by atoms with E-state index in [0.29, 0.717) is 11.5 Å². The standard InChI is InChI=1S/C40H23N3O2/c1-2-10-24(11-3-1)38-37-29-14-6-9-17-33(29)45-40(37)42-39(41-38)25-18-20-26(21-19-25)43-30-15-7-4-12-27(30)35-31(43)22-23-34-36(35)28-13-5-8-16-32(28)44-34/h1-23H. The normalized spacial score (nSPS) is 12.0. The summed E-state index contributed by atoms with van der Waals surface area (Å²) in [6, 6.07) is 47.9. The lowest BCUT2D eigenvalue weighted by Gasteiger charge is -2.10. The smallest absolute Gasteiger partial charge is 0.231 e. The highest BCUT2D eigenvalue weighted by Crippen LogP contribution is 2.41. The van der Waals surface area contributed by atoms with Crippen LogP contribution < -0.4 is 0 Å². The quantitative estimate of drug-likeness (QED) is 0.210. The predicted molar refractivity (Wildman–Crippen MR) is 182 cm³/mol. The van der Waals surface area contributed by atoms with E-state index in [-0.39, 0.29) is 0 Å². The van der Waals surface area contributed by atoms with Crippen LogP contribution in [0, 0.1) is 0 Å². The summed E-state index contributed by atoms with van der Waals surface area (Å²) in [5.41, 5.74) is 9.33. The molecule has 10 aromatic rings. The Balaban J connectivity index is 1.18. The third kappa shape index (κ3) is 3.49. The van der Waals surface area contributed by atoms with Gasteiger partial charge in [0, 0.05) is 43.7 Å². The molecule has 5 nitrogen and oxygen atoms in total. The van der Waals surface area contributed by atoms with E-state index in [9.17, 15) is 0 Å². The molecule has 0 aliphatic carbocycles. The Morgan fingerprint density at radius 2 is 1.09 bits per heavy atom. The third-order valence-electron chi connectivity index (χ3n) is 8.85. The third-order valence-corrected chi connectivity index (χ3v) is 8.85.